The zero-order valence-corrected chi connectivity index (χ0v) is 13.2. The third kappa shape index (κ3) is 3.32. The van der Waals surface area contributed by atoms with Crippen molar-refractivity contribution in [3.8, 4) is 0 Å². The maximum absolute atomic E-state index is 6.15. The number of hydrogen-bond donors (Lipinski definition) is 1. The van der Waals surface area contributed by atoms with Gasteiger partial charge in [-0.1, -0.05) is 33.1 Å². The molecule has 2 N–H and O–H groups in total. The predicted octanol–water partition coefficient (Wildman–Crippen LogP) is 2.31. The number of likely N-dealkylation sites (N-methyl/N-ethyl adjacent to an activating group) is 1. The number of rotatable bonds is 7. The Kier molecular flexibility index (Phi) is 5.27. The largest absolute Gasteiger partial charge is 0.329 e. The Hall–Kier alpha value is -0.120. The van der Waals surface area contributed by atoms with Gasteiger partial charge in [0.1, 0.15) is 0 Å². The molecule has 1 aliphatic carbocycles. The quantitative estimate of drug-likeness (QED) is 0.768. The Morgan fingerprint density at radius 1 is 1.21 bits per heavy atom. The van der Waals surface area contributed by atoms with Gasteiger partial charge in [-0.15, -0.1) is 0 Å². The second-order valence-corrected chi connectivity index (χ2v) is 6.81. The van der Waals surface area contributed by atoms with E-state index in [2.05, 4.69) is 30.6 Å². The molecule has 0 radical (unpaired) electrons. The molecular formula is C16H33N3. The first kappa shape index (κ1) is 15.3. The smallest absolute Gasteiger partial charge is 0.0306 e. The molecule has 2 aliphatic rings. The summed E-state index contributed by atoms with van der Waals surface area (Å²) >= 11 is 0. The molecule has 1 saturated heterocycles. The third-order valence-corrected chi connectivity index (χ3v) is 5.65. The highest BCUT2D eigenvalue weighted by molar-refractivity contribution is 4.96. The molecule has 0 aromatic carbocycles. The van der Waals surface area contributed by atoms with Crippen molar-refractivity contribution in [3.63, 3.8) is 0 Å². The van der Waals surface area contributed by atoms with Gasteiger partial charge in [-0.05, 0) is 38.8 Å². The maximum Gasteiger partial charge on any atom is 0.0306 e. The van der Waals surface area contributed by atoms with Crippen LogP contribution in [0, 0.1) is 5.92 Å². The summed E-state index contributed by atoms with van der Waals surface area (Å²) < 4.78 is 0. The summed E-state index contributed by atoms with van der Waals surface area (Å²) in [5.74, 6) is 0.945. The molecular weight excluding hydrogens is 234 g/mol. The zero-order valence-electron chi connectivity index (χ0n) is 13.2. The third-order valence-electron chi connectivity index (χ3n) is 5.65. The monoisotopic (exact) mass is 267 g/mol. The Morgan fingerprint density at radius 2 is 1.89 bits per heavy atom. The van der Waals surface area contributed by atoms with Crippen LogP contribution >= 0.6 is 0 Å². The Morgan fingerprint density at radius 3 is 2.37 bits per heavy atom. The lowest BCUT2D eigenvalue weighted by molar-refractivity contribution is 0.0808. The Labute approximate surface area is 119 Å². The summed E-state index contributed by atoms with van der Waals surface area (Å²) in [6, 6.07) is 0.752. The molecule has 2 fully saturated rings. The zero-order chi connectivity index (χ0) is 13.9. The first-order valence-corrected chi connectivity index (χ1v) is 8.32. The van der Waals surface area contributed by atoms with E-state index in [-0.39, 0.29) is 5.54 Å². The van der Waals surface area contributed by atoms with Crippen LogP contribution in [0.5, 0.6) is 0 Å². The lowest BCUT2D eigenvalue weighted by atomic mass is 9.76. The second kappa shape index (κ2) is 6.55. The van der Waals surface area contributed by atoms with Crippen molar-refractivity contribution in [1.82, 2.24) is 9.80 Å². The molecule has 3 heteroatoms. The van der Waals surface area contributed by atoms with Crippen LogP contribution in [-0.2, 0) is 0 Å². The fraction of sp³-hybridized carbons (Fsp3) is 1.00. The normalized spacial score (nSPS) is 28.6. The molecule has 1 saturated carbocycles. The lowest BCUT2D eigenvalue weighted by Crippen LogP contribution is -2.53. The molecule has 0 spiro atoms. The number of nitrogens with zero attached hydrogens (tertiary/aromatic N) is 2. The highest BCUT2D eigenvalue weighted by Crippen LogP contribution is 2.37. The molecule has 3 nitrogen and oxygen atoms in total. The van der Waals surface area contributed by atoms with Crippen LogP contribution in [0.15, 0.2) is 0 Å². The van der Waals surface area contributed by atoms with E-state index in [4.69, 9.17) is 5.73 Å². The SMILES string of the molecule is CCN(CC)C1CCN(C(C)(CN)CC2CCC2)C1. The second-order valence-electron chi connectivity index (χ2n) is 6.81. The molecule has 19 heavy (non-hydrogen) atoms. The highest BCUT2D eigenvalue weighted by Gasteiger charge is 2.39. The van der Waals surface area contributed by atoms with E-state index >= 15 is 0 Å². The van der Waals surface area contributed by atoms with Gasteiger partial charge in [-0.25, -0.2) is 0 Å². The van der Waals surface area contributed by atoms with Crippen LogP contribution in [0.25, 0.3) is 0 Å². The van der Waals surface area contributed by atoms with Gasteiger partial charge in [0, 0.05) is 31.2 Å². The number of hydrogen-bond acceptors (Lipinski definition) is 3. The highest BCUT2D eigenvalue weighted by atomic mass is 15.3. The van der Waals surface area contributed by atoms with Gasteiger partial charge in [0.25, 0.3) is 0 Å². The van der Waals surface area contributed by atoms with Gasteiger partial charge in [-0.2, -0.15) is 0 Å². The first-order chi connectivity index (χ1) is 9.12. The molecule has 2 rings (SSSR count). The Balaban J connectivity index is 1.92. The summed E-state index contributed by atoms with van der Waals surface area (Å²) in [5.41, 5.74) is 6.39. The molecule has 0 aromatic rings. The van der Waals surface area contributed by atoms with E-state index in [1.165, 1.54) is 58.3 Å². The number of nitrogens with two attached hydrogens (primary N) is 1. The summed E-state index contributed by atoms with van der Waals surface area (Å²) in [6.45, 7) is 12.6. The van der Waals surface area contributed by atoms with Crippen LogP contribution in [-0.4, -0.2) is 54.1 Å². The minimum absolute atomic E-state index is 0.243. The van der Waals surface area contributed by atoms with E-state index < -0.39 is 0 Å². The van der Waals surface area contributed by atoms with E-state index in [0.29, 0.717) is 0 Å². The molecule has 0 aromatic heterocycles. The average Bonchev–Trinajstić information content (AvgIpc) is 2.85. The summed E-state index contributed by atoms with van der Waals surface area (Å²) in [5, 5.41) is 0. The van der Waals surface area contributed by atoms with Crippen molar-refractivity contribution in [2.45, 2.75) is 64.5 Å². The van der Waals surface area contributed by atoms with Crippen molar-refractivity contribution in [1.29, 1.82) is 0 Å². The van der Waals surface area contributed by atoms with Crippen molar-refractivity contribution in [3.05, 3.63) is 0 Å². The van der Waals surface area contributed by atoms with Crippen LogP contribution in [0.3, 0.4) is 0 Å². The van der Waals surface area contributed by atoms with Gasteiger partial charge in [0.2, 0.25) is 0 Å². The van der Waals surface area contributed by atoms with Crippen LogP contribution in [0.4, 0.5) is 0 Å². The fourth-order valence-corrected chi connectivity index (χ4v) is 3.93. The minimum atomic E-state index is 0.243. The van der Waals surface area contributed by atoms with Crippen molar-refractivity contribution < 1.29 is 0 Å². The van der Waals surface area contributed by atoms with Gasteiger partial charge in [-0.3, -0.25) is 9.80 Å². The van der Waals surface area contributed by atoms with Crippen LogP contribution in [0.2, 0.25) is 0 Å². The fourth-order valence-electron chi connectivity index (χ4n) is 3.93. The molecule has 0 amide bonds. The molecule has 1 aliphatic heterocycles. The van der Waals surface area contributed by atoms with Gasteiger partial charge >= 0.3 is 0 Å². The predicted molar refractivity (Wildman–Crippen MR) is 82.3 cm³/mol. The van der Waals surface area contributed by atoms with Crippen LogP contribution in [0.1, 0.15) is 52.9 Å². The molecule has 1 heterocycles. The average molecular weight is 267 g/mol. The molecule has 2 unspecified atom stereocenters. The van der Waals surface area contributed by atoms with Gasteiger partial charge < -0.3 is 5.73 Å². The van der Waals surface area contributed by atoms with Crippen molar-refractivity contribution in [2.75, 3.05) is 32.7 Å². The summed E-state index contributed by atoms with van der Waals surface area (Å²) in [6.07, 6.45) is 6.94. The van der Waals surface area contributed by atoms with Crippen LogP contribution < -0.4 is 5.73 Å². The van der Waals surface area contributed by atoms with E-state index in [1.807, 2.05) is 0 Å². The topological polar surface area (TPSA) is 32.5 Å². The van der Waals surface area contributed by atoms with E-state index in [9.17, 15) is 0 Å². The summed E-state index contributed by atoms with van der Waals surface area (Å²) in [7, 11) is 0. The van der Waals surface area contributed by atoms with Gasteiger partial charge in [0.15, 0.2) is 0 Å². The lowest BCUT2D eigenvalue weighted by Gasteiger charge is -2.43. The molecule has 112 valence electrons. The van der Waals surface area contributed by atoms with Crippen molar-refractivity contribution in [2.24, 2.45) is 11.7 Å². The van der Waals surface area contributed by atoms with Crippen molar-refractivity contribution >= 4 is 0 Å². The van der Waals surface area contributed by atoms with E-state index in [1.54, 1.807) is 0 Å². The minimum Gasteiger partial charge on any atom is -0.329 e. The molecule has 2 atom stereocenters. The van der Waals surface area contributed by atoms with Gasteiger partial charge in [0.05, 0.1) is 0 Å². The van der Waals surface area contributed by atoms with E-state index in [0.717, 1.165) is 18.5 Å². The standard InChI is InChI=1S/C16H33N3/c1-4-18(5-2)15-9-10-19(12-15)16(3,13-17)11-14-7-6-8-14/h14-15H,4-13,17H2,1-3H3. The molecule has 0 bridgehead atoms. The summed E-state index contributed by atoms with van der Waals surface area (Å²) in [4.78, 5) is 5.30. The Bertz CT molecular complexity index is 273. The first-order valence-electron chi connectivity index (χ1n) is 8.32. The number of likely N-dealkylation sites (tertiary alicyclic amines) is 1. The maximum atomic E-state index is 6.15.